The number of amides is 1. The normalized spacial score (nSPS) is 20.7. The highest BCUT2D eigenvalue weighted by molar-refractivity contribution is 5.91. The molecule has 2 rings (SSSR count). The number of benzene rings is 1. The third-order valence-electron chi connectivity index (χ3n) is 3.94. The molecule has 2 unspecified atom stereocenters. The Bertz CT molecular complexity index is 546. The minimum absolute atomic E-state index is 0.0230. The smallest absolute Gasteiger partial charge is 0.341 e. The molecule has 1 amide bonds. The number of carboxylic acids is 1. The molecule has 1 aliphatic carbocycles. The van der Waals surface area contributed by atoms with Crippen molar-refractivity contribution < 1.29 is 24.2 Å². The average Bonchev–Trinajstić information content (AvgIpc) is 2.52. The average molecular weight is 321 g/mol. The van der Waals surface area contributed by atoms with Gasteiger partial charge in [-0.15, -0.1) is 0 Å². The molecule has 0 aliphatic heterocycles. The van der Waals surface area contributed by atoms with E-state index in [0.717, 1.165) is 19.3 Å². The molecule has 1 aromatic rings. The van der Waals surface area contributed by atoms with Gasteiger partial charge in [-0.25, -0.2) is 4.79 Å². The second-order valence-electron chi connectivity index (χ2n) is 5.87. The highest BCUT2D eigenvalue weighted by Crippen LogP contribution is 2.26. The van der Waals surface area contributed by atoms with Crippen molar-refractivity contribution in [2.24, 2.45) is 5.92 Å². The minimum Gasteiger partial charge on any atom is -0.482 e. The summed E-state index contributed by atoms with van der Waals surface area (Å²) in [5.41, 5.74) is 0.554. The number of aliphatic carboxylic acids is 1. The Labute approximate surface area is 135 Å². The van der Waals surface area contributed by atoms with Gasteiger partial charge in [0, 0.05) is 11.8 Å². The Morgan fingerprint density at radius 1 is 1.26 bits per heavy atom. The first-order valence-electron chi connectivity index (χ1n) is 7.90. The van der Waals surface area contributed by atoms with Crippen molar-refractivity contribution in [3.05, 3.63) is 24.3 Å². The number of anilines is 1. The molecule has 6 nitrogen and oxygen atoms in total. The second kappa shape index (κ2) is 8.53. The standard InChI is InChI=1S/C17H23NO5/c1-12-5-2-3-8-15(12)23-10-16(19)18-13-6-4-7-14(9-13)22-11-17(20)21/h4,6-7,9,12,15H,2-3,5,8,10-11H2,1H3,(H,18,19)(H,20,21). The van der Waals surface area contributed by atoms with Gasteiger partial charge in [-0.2, -0.15) is 0 Å². The van der Waals surface area contributed by atoms with Crippen molar-refractivity contribution in [1.82, 2.24) is 0 Å². The lowest BCUT2D eigenvalue weighted by Crippen LogP contribution is -2.29. The van der Waals surface area contributed by atoms with Crippen molar-refractivity contribution in [3.8, 4) is 5.75 Å². The van der Waals surface area contributed by atoms with E-state index in [-0.39, 0.29) is 18.6 Å². The molecule has 0 spiro atoms. The quantitative estimate of drug-likeness (QED) is 0.806. The maximum absolute atomic E-state index is 12.0. The molecular formula is C17H23NO5. The van der Waals surface area contributed by atoms with Crippen LogP contribution in [0.2, 0.25) is 0 Å². The van der Waals surface area contributed by atoms with Crippen LogP contribution in [-0.4, -0.2) is 36.3 Å². The van der Waals surface area contributed by atoms with Crippen LogP contribution in [0.3, 0.4) is 0 Å². The third kappa shape index (κ3) is 5.90. The molecule has 1 aromatic carbocycles. The van der Waals surface area contributed by atoms with Gasteiger partial charge in [0.2, 0.25) is 5.91 Å². The van der Waals surface area contributed by atoms with E-state index in [9.17, 15) is 9.59 Å². The van der Waals surface area contributed by atoms with Crippen LogP contribution < -0.4 is 10.1 Å². The molecule has 0 heterocycles. The predicted octanol–water partition coefficient (Wildman–Crippen LogP) is 2.68. The number of nitrogens with one attached hydrogen (secondary N) is 1. The highest BCUT2D eigenvalue weighted by atomic mass is 16.5. The van der Waals surface area contributed by atoms with Crippen LogP contribution in [0.1, 0.15) is 32.6 Å². The summed E-state index contributed by atoms with van der Waals surface area (Å²) in [4.78, 5) is 22.5. The summed E-state index contributed by atoms with van der Waals surface area (Å²) in [6, 6.07) is 6.63. The summed E-state index contributed by atoms with van der Waals surface area (Å²) in [6.07, 6.45) is 4.69. The van der Waals surface area contributed by atoms with E-state index in [1.54, 1.807) is 24.3 Å². The summed E-state index contributed by atoms with van der Waals surface area (Å²) in [6.45, 7) is 1.76. The van der Waals surface area contributed by atoms with Crippen molar-refractivity contribution >= 4 is 17.6 Å². The second-order valence-corrected chi connectivity index (χ2v) is 5.87. The first-order valence-corrected chi connectivity index (χ1v) is 7.90. The Morgan fingerprint density at radius 2 is 2.04 bits per heavy atom. The Kier molecular flexibility index (Phi) is 6.40. The molecule has 1 aliphatic rings. The van der Waals surface area contributed by atoms with Crippen LogP contribution in [0.15, 0.2) is 24.3 Å². The molecule has 23 heavy (non-hydrogen) atoms. The number of hydrogen-bond acceptors (Lipinski definition) is 4. The molecule has 0 saturated heterocycles. The number of ether oxygens (including phenoxy) is 2. The number of rotatable bonds is 7. The van der Waals surface area contributed by atoms with Crippen LogP contribution in [-0.2, 0) is 14.3 Å². The molecule has 6 heteroatoms. The van der Waals surface area contributed by atoms with E-state index in [4.69, 9.17) is 14.6 Å². The Morgan fingerprint density at radius 3 is 2.78 bits per heavy atom. The zero-order valence-corrected chi connectivity index (χ0v) is 13.3. The van der Waals surface area contributed by atoms with Crippen LogP contribution in [0.25, 0.3) is 0 Å². The molecule has 1 saturated carbocycles. The molecular weight excluding hydrogens is 298 g/mol. The summed E-state index contributed by atoms with van der Waals surface area (Å²) < 4.78 is 10.8. The molecule has 1 fully saturated rings. The van der Waals surface area contributed by atoms with Gasteiger partial charge in [-0.3, -0.25) is 4.79 Å². The fraction of sp³-hybridized carbons (Fsp3) is 0.529. The van der Waals surface area contributed by atoms with Crippen molar-refractivity contribution in [2.75, 3.05) is 18.5 Å². The van der Waals surface area contributed by atoms with Crippen LogP contribution in [0, 0.1) is 5.92 Å². The lowest BCUT2D eigenvalue weighted by atomic mass is 9.88. The number of hydrogen-bond donors (Lipinski definition) is 2. The zero-order valence-electron chi connectivity index (χ0n) is 13.3. The van der Waals surface area contributed by atoms with Gasteiger partial charge >= 0.3 is 5.97 Å². The molecule has 0 radical (unpaired) electrons. The fourth-order valence-electron chi connectivity index (χ4n) is 2.72. The van der Waals surface area contributed by atoms with E-state index in [2.05, 4.69) is 12.2 Å². The van der Waals surface area contributed by atoms with Crippen LogP contribution in [0.5, 0.6) is 5.75 Å². The Balaban J connectivity index is 1.80. The lowest BCUT2D eigenvalue weighted by molar-refractivity contribution is -0.139. The molecule has 126 valence electrons. The maximum Gasteiger partial charge on any atom is 0.341 e. The summed E-state index contributed by atoms with van der Waals surface area (Å²) in [5.74, 6) is -0.385. The van der Waals surface area contributed by atoms with Gasteiger partial charge in [-0.1, -0.05) is 25.8 Å². The third-order valence-corrected chi connectivity index (χ3v) is 3.94. The molecule has 0 aromatic heterocycles. The van der Waals surface area contributed by atoms with Gasteiger partial charge in [0.1, 0.15) is 12.4 Å². The fourth-order valence-corrected chi connectivity index (χ4v) is 2.72. The van der Waals surface area contributed by atoms with E-state index in [1.165, 1.54) is 6.42 Å². The van der Waals surface area contributed by atoms with Gasteiger partial charge < -0.3 is 19.9 Å². The summed E-state index contributed by atoms with van der Waals surface area (Å²) in [7, 11) is 0. The first kappa shape index (κ1) is 17.3. The van der Waals surface area contributed by atoms with Gasteiger partial charge in [0.25, 0.3) is 0 Å². The zero-order chi connectivity index (χ0) is 16.7. The van der Waals surface area contributed by atoms with Gasteiger partial charge in [-0.05, 0) is 30.9 Å². The number of carbonyl (C=O) groups is 2. The number of carboxylic acid groups (broad SMARTS) is 1. The molecule has 2 N–H and O–H groups in total. The first-order chi connectivity index (χ1) is 11.0. The maximum atomic E-state index is 12.0. The van der Waals surface area contributed by atoms with Crippen LogP contribution >= 0.6 is 0 Å². The summed E-state index contributed by atoms with van der Waals surface area (Å²) >= 11 is 0. The van der Waals surface area contributed by atoms with Crippen molar-refractivity contribution in [3.63, 3.8) is 0 Å². The van der Waals surface area contributed by atoms with E-state index >= 15 is 0 Å². The van der Waals surface area contributed by atoms with Gasteiger partial charge in [0.05, 0.1) is 6.10 Å². The largest absolute Gasteiger partial charge is 0.482 e. The SMILES string of the molecule is CC1CCCCC1OCC(=O)Nc1cccc(OCC(=O)O)c1. The minimum atomic E-state index is -1.05. The summed E-state index contributed by atoms with van der Waals surface area (Å²) in [5, 5.41) is 11.3. The predicted molar refractivity (Wildman–Crippen MR) is 85.6 cm³/mol. The molecule has 0 bridgehead atoms. The van der Waals surface area contributed by atoms with E-state index < -0.39 is 12.6 Å². The lowest BCUT2D eigenvalue weighted by Gasteiger charge is -2.28. The van der Waals surface area contributed by atoms with E-state index in [1.807, 2.05) is 0 Å². The van der Waals surface area contributed by atoms with E-state index in [0.29, 0.717) is 17.4 Å². The van der Waals surface area contributed by atoms with Crippen molar-refractivity contribution in [1.29, 1.82) is 0 Å². The van der Waals surface area contributed by atoms with Crippen LogP contribution in [0.4, 0.5) is 5.69 Å². The van der Waals surface area contributed by atoms with Gasteiger partial charge in [0.15, 0.2) is 6.61 Å². The monoisotopic (exact) mass is 321 g/mol. The molecule has 2 atom stereocenters. The topological polar surface area (TPSA) is 84.9 Å². The van der Waals surface area contributed by atoms with Crippen molar-refractivity contribution in [2.45, 2.75) is 38.7 Å². The highest BCUT2D eigenvalue weighted by Gasteiger charge is 2.22. The number of carbonyl (C=O) groups excluding carboxylic acids is 1. The Hall–Kier alpha value is -2.08.